The Hall–Kier alpha value is -2.16. The van der Waals surface area contributed by atoms with Crippen molar-refractivity contribution in [2.45, 2.75) is 70.1 Å². The summed E-state index contributed by atoms with van der Waals surface area (Å²) in [6, 6.07) is 12.3. The lowest BCUT2D eigenvalue weighted by atomic mass is 9.78. The molecule has 0 saturated heterocycles. The van der Waals surface area contributed by atoms with E-state index in [0.29, 0.717) is 24.0 Å². The fourth-order valence-corrected chi connectivity index (χ4v) is 5.07. The first-order chi connectivity index (χ1) is 14.6. The SMILES string of the molecule is CCOc1ccc(C2C=CC(c3ccc(C4CCC(C)CC4)cc3)CC2)c(F)c1F. The van der Waals surface area contributed by atoms with Crippen molar-refractivity contribution < 1.29 is 13.5 Å². The number of hydrogen-bond acceptors (Lipinski definition) is 1. The van der Waals surface area contributed by atoms with Crippen LogP contribution < -0.4 is 4.74 Å². The van der Waals surface area contributed by atoms with Gasteiger partial charge >= 0.3 is 0 Å². The summed E-state index contributed by atoms with van der Waals surface area (Å²) in [5.74, 6) is 0.169. The summed E-state index contributed by atoms with van der Waals surface area (Å²) in [7, 11) is 0. The molecule has 0 bridgehead atoms. The van der Waals surface area contributed by atoms with E-state index in [1.807, 2.05) is 6.08 Å². The molecule has 0 aliphatic heterocycles. The van der Waals surface area contributed by atoms with Crippen molar-refractivity contribution >= 4 is 0 Å². The van der Waals surface area contributed by atoms with E-state index < -0.39 is 11.6 Å². The lowest BCUT2D eigenvalue weighted by Crippen LogP contribution is -2.11. The Labute approximate surface area is 179 Å². The third kappa shape index (κ3) is 4.45. The van der Waals surface area contributed by atoms with Crippen LogP contribution in [-0.2, 0) is 0 Å². The molecule has 0 N–H and O–H groups in total. The molecule has 3 heteroatoms. The maximum absolute atomic E-state index is 14.5. The van der Waals surface area contributed by atoms with Gasteiger partial charge in [0.1, 0.15) is 0 Å². The Kier molecular flexibility index (Phi) is 6.55. The zero-order valence-corrected chi connectivity index (χ0v) is 18.0. The Morgan fingerprint density at radius 2 is 1.40 bits per heavy atom. The predicted molar refractivity (Wildman–Crippen MR) is 118 cm³/mol. The fraction of sp³-hybridized carbons (Fsp3) is 0.481. The quantitative estimate of drug-likeness (QED) is 0.456. The summed E-state index contributed by atoms with van der Waals surface area (Å²) < 4.78 is 33.9. The molecular weight excluding hydrogens is 378 g/mol. The molecule has 2 aliphatic carbocycles. The molecule has 1 nitrogen and oxygen atoms in total. The first kappa shape index (κ1) is 21.1. The van der Waals surface area contributed by atoms with Crippen molar-refractivity contribution in [1.29, 1.82) is 0 Å². The molecule has 2 aromatic carbocycles. The minimum absolute atomic E-state index is 0.0103. The molecule has 0 amide bonds. The van der Waals surface area contributed by atoms with Gasteiger partial charge in [-0.3, -0.25) is 0 Å². The van der Waals surface area contributed by atoms with E-state index in [9.17, 15) is 8.78 Å². The van der Waals surface area contributed by atoms with Gasteiger partial charge in [-0.2, -0.15) is 4.39 Å². The highest BCUT2D eigenvalue weighted by Crippen LogP contribution is 2.39. The average molecular weight is 411 g/mol. The third-order valence-electron chi connectivity index (χ3n) is 6.99. The maximum Gasteiger partial charge on any atom is 0.200 e. The molecule has 0 aromatic heterocycles. The second kappa shape index (κ2) is 9.32. The number of allylic oxidation sites excluding steroid dienone is 2. The second-order valence-corrected chi connectivity index (χ2v) is 9.01. The fourth-order valence-electron chi connectivity index (χ4n) is 5.07. The van der Waals surface area contributed by atoms with Gasteiger partial charge in [0, 0.05) is 11.8 Å². The molecule has 2 aliphatic rings. The van der Waals surface area contributed by atoms with Crippen molar-refractivity contribution in [2.75, 3.05) is 6.61 Å². The van der Waals surface area contributed by atoms with Crippen LogP contribution in [0.3, 0.4) is 0 Å². The molecule has 1 fully saturated rings. The van der Waals surface area contributed by atoms with Gasteiger partial charge in [0.25, 0.3) is 0 Å². The molecule has 0 spiro atoms. The minimum Gasteiger partial charge on any atom is -0.491 e. The molecule has 2 aromatic rings. The summed E-state index contributed by atoms with van der Waals surface area (Å²) in [4.78, 5) is 0. The average Bonchev–Trinajstić information content (AvgIpc) is 2.78. The molecule has 2 unspecified atom stereocenters. The van der Waals surface area contributed by atoms with Crippen LogP contribution in [-0.4, -0.2) is 6.61 Å². The third-order valence-corrected chi connectivity index (χ3v) is 6.99. The van der Waals surface area contributed by atoms with Crippen molar-refractivity contribution in [1.82, 2.24) is 0 Å². The van der Waals surface area contributed by atoms with Crippen LogP contribution in [0.25, 0.3) is 0 Å². The smallest absolute Gasteiger partial charge is 0.200 e. The molecule has 30 heavy (non-hydrogen) atoms. The van der Waals surface area contributed by atoms with Gasteiger partial charge in [-0.1, -0.05) is 62.2 Å². The van der Waals surface area contributed by atoms with Crippen LogP contribution in [0, 0.1) is 17.6 Å². The number of hydrogen-bond donors (Lipinski definition) is 0. The van der Waals surface area contributed by atoms with E-state index in [1.54, 1.807) is 19.1 Å². The topological polar surface area (TPSA) is 9.23 Å². The standard InChI is InChI=1S/C27H32F2O/c1-3-30-25-17-16-24(26(28)27(25)29)23-14-12-22(13-15-23)21-10-8-20(9-11-21)19-6-4-18(2)5-7-19/h8-12,14,16-19,22-23H,3-7,13,15H2,1-2H3. The van der Waals surface area contributed by atoms with Gasteiger partial charge in [-0.15, -0.1) is 0 Å². The molecule has 160 valence electrons. The lowest BCUT2D eigenvalue weighted by molar-refractivity contribution is 0.313. The van der Waals surface area contributed by atoms with Gasteiger partial charge in [-0.05, 0) is 67.2 Å². The number of rotatable bonds is 5. The van der Waals surface area contributed by atoms with Crippen molar-refractivity contribution in [2.24, 2.45) is 5.92 Å². The molecule has 4 rings (SSSR count). The Morgan fingerprint density at radius 3 is 2.03 bits per heavy atom. The van der Waals surface area contributed by atoms with Crippen LogP contribution >= 0.6 is 0 Å². The van der Waals surface area contributed by atoms with Gasteiger partial charge in [-0.25, -0.2) is 4.39 Å². The summed E-state index contributed by atoms with van der Waals surface area (Å²) in [5, 5.41) is 0. The van der Waals surface area contributed by atoms with E-state index in [1.165, 1.54) is 36.8 Å². The largest absolute Gasteiger partial charge is 0.491 e. The Balaban J connectivity index is 1.43. The van der Waals surface area contributed by atoms with Crippen LogP contribution in [0.5, 0.6) is 5.75 Å². The summed E-state index contributed by atoms with van der Waals surface area (Å²) >= 11 is 0. The first-order valence-electron chi connectivity index (χ1n) is 11.5. The first-order valence-corrected chi connectivity index (χ1v) is 11.5. The van der Waals surface area contributed by atoms with E-state index in [-0.39, 0.29) is 11.7 Å². The van der Waals surface area contributed by atoms with E-state index in [0.717, 1.165) is 18.8 Å². The predicted octanol–water partition coefficient (Wildman–Crippen LogP) is 7.87. The zero-order valence-electron chi connectivity index (χ0n) is 18.0. The second-order valence-electron chi connectivity index (χ2n) is 9.01. The Morgan fingerprint density at radius 1 is 0.767 bits per heavy atom. The molecular formula is C27H32F2O. The van der Waals surface area contributed by atoms with Crippen molar-refractivity contribution in [3.05, 3.63) is 76.9 Å². The van der Waals surface area contributed by atoms with Gasteiger partial charge in [0.05, 0.1) is 6.61 Å². The van der Waals surface area contributed by atoms with Crippen LogP contribution in [0.4, 0.5) is 8.78 Å². The van der Waals surface area contributed by atoms with Gasteiger partial charge in [0.2, 0.25) is 5.82 Å². The molecule has 0 heterocycles. The monoisotopic (exact) mass is 410 g/mol. The van der Waals surface area contributed by atoms with Gasteiger partial charge < -0.3 is 4.74 Å². The van der Waals surface area contributed by atoms with Crippen LogP contribution in [0.1, 0.15) is 86.8 Å². The summed E-state index contributed by atoms with van der Waals surface area (Å²) in [5.41, 5.74) is 3.21. The normalized spacial score (nSPS) is 26.5. The maximum atomic E-state index is 14.5. The highest BCUT2D eigenvalue weighted by Gasteiger charge is 2.24. The minimum atomic E-state index is -0.877. The van der Waals surface area contributed by atoms with Crippen molar-refractivity contribution in [3.8, 4) is 5.75 Å². The summed E-state index contributed by atoms with van der Waals surface area (Å²) in [6.07, 6.45) is 11.2. The van der Waals surface area contributed by atoms with E-state index in [2.05, 4.69) is 37.3 Å². The zero-order chi connectivity index (χ0) is 21.1. The highest BCUT2D eigenvalue weighted by atomic mass is 19.2. The summed E-state index contributed by atoms with van der Waals surface area (Å²) in [6.45, 7) is 4.44. The lowest BCUT2D eigenvalue weighted by Gasteiger charge is -2.27. The molecule has 1 saturated carbocycles. The van der Waals surface area contributed by atoms with E-state index in [4.69, 9.17) is 4.74 Å². The van der Waals surface area contributed by atoms with Gasteiger partial charge in [0.15, 0.2) is 11.6 Å². The number of halogens is 2. The van der Waals surface area contributed by atoms with Crippen LogP contribution in [0.15, 0.2) is 48.6 Å². The Bertz CT molecular complexity index is 878. The molecule has 0 radical (unpaired) electrons. The van der Waals surface area contributed by atoms with Crippen molar-refractivity contribution in [3.63, 3.8) is 0 Å². The highest BCUT2D eigenvalue weighted by molar-refractivity contribution is 5.37. The van der Waals surface area contributed by atoms with Crippen LogP contribution in [0.2, 0.25) is 0 Å². The molecule has 2 atom stereocenters. The van der Waals surface area contributed by atoms with E-state index >= 15 is 0 Å². The number of ether oxygens (including phenoxy) is 1. The number of benzene rings is 2.